The van der Waals surface area contributed by atoms with Gasteiger partial charge in [-0.25, -0.2) is 28.8 Å². The van der Waals surface area contributed by atoms with Crippen LogP contribution in [0.5, 0.6) is 0 Å². The zero-order chi connectivity index (χ0) is 56.3. The summed E-state index contributed by atoms with van der Waals surface area (Å²) in [6.07, 6.45) is -28.2. The zero-order valence-corrected chi connectivity index (χ0v) is 35.8. The minimum Gasteiger partial charge on any atom is -0.481 e. The van der Waals surface area contributed by atoms with Gasteiger partial charge in [0.15, 0.2) is 0 Å². The molecule has 0 fully saturated rings. The molecule has 0 amide bonds. The van der Waals surface area contributed by atoms with Crippen molar-refractivity contribution in [1.29, 1.82) is 0 Å². The van der Waals surface area contributed by atoms with Crippen LogP contribution in [0.1, 0.15) is 77.0 Å². The predicted molar refractivity (Wildman–Crippen MR) is 202 cm³/mol. The summed E-state index contributed by atoms with van der Waals surface area (Å²) in [4.78, 5) is 218. The van der Waals surface area contributed by atoms with Crippen molar-refractivity contribution in [2.24, 2.45) is 0 Å². The highest BCUT2D eigenvalue weighted by molar-refractivity contribution is 5.96. The Hall–Kier alpha value is -9.54. The fourth-order valence-electron chi connectivity index (χ4n) is 5.60. The molecule has 0 saturated carbocycles. The monoisotopic (exact) mass is 1050 g/mol. The molecule has 12 N–H and O–H groups in total. The molecule has 36 nitrogen and oxygen atoms in total. The molecule has 0 aliphatic heterocycles. The lowest BCUT2D eigenvalue weighted by Gasteiger charge is -2.29. The molecule has 0 aromatic carbocycles. The molecule has 2 atom stereocenters. The van der Waals surface area contributed by atoms with E-state index in [2.05, 4.69) is 28.4 Å². The Balaban J connectivity index is 7.30. The van der Waals surface area contributed by atoms with Gasteiger partial charge in [0.05, 0.1) is 77.0 Å². The maximum Gasteiger partial charge on any atom is 0.349 e. The summed E-state index contributed by atoms with van der Waals surface area (Å²) in [6, 6.07) is 0. The average molecular weight is 1050 g/mol. The fraction of sp³-hybridized carbons (Fsp3) is 0.500. The van der Waals surface area contributed by atoms with Crippen LogP contribution in [0.25, 0.3) is 0 Å². The first-order valence-corrected chi connectivity index (χ1v) is 18.8. The highest BCUT2D eigenvalue weighted by atomic mass is 16.6. The molecule has 0 bridgehead atoms. The van der Waals surface area contributed by atoms with Gasteiger partial charge in [-0.1, -0.05) is 0 Å². The quantitative estimate of drug-likeness (QED) is 0.0211. The zero-order valence-electron chi connectivity index (χ0n) is 35.8. The summed E-state index contributed by atoms with van der Waals surface area (Å²) in [5.74, 6) is -40.5. The van der Waals surface area contributed by atoms with Gasteiger partial charge >= 0.3 is 107 Å². The van der Waals surface area contributed by atoms with Gasteiger partial charge in [0.1, 0.15) is 0 Å². The normalized spacial score (nSPS) is 12.2. The van der Waals surface area contributed by atoms with Crippen molar-refractivity contribution in [3.63, 3.8) is 0 Å². The van der Waals surface area contributed by atoms with Gasteiger partial charge in [0.2, 0.25) is 34.6 Å². The van der Waals surface area contributed by atoms with Gasteiger partial charge in [-0.2, -0.15) is 0 Å². The Morgan fingerprint density at radius 1 is 0.278 bits per heavy atom. The van der Waals surface area contributed by atoms with E-state index in [-0.39, 0.29) is 0 Å². The minimum atomic E-state index is -3.64. The SMILES string of the molecule is O=C(O)CC(CC(=O)O)(OC(=O)CC(OC(=O)CCC(=O)OC(CC(=O)OC(CC(=O)O)(CC(=O)O)C(=O)O)C(=O)OC(CC(=O)O)(CC(=O)O)C(=O)O)C(=O)OC(CC(=O)O)(CC(=O)O)C(=O)O)C(=O)O. The van der Waals surface area contributed by atoms with Crippen molar-refractivity contribution < 1.29 is 176 Å². The van der Waals surface area contributed by atoms with Gasteiger partial charge in [-0.15, -0.1) is 0 Å². The van der Waals surface area contributed by atoms with Gasteiger partial charge in [-0.05, 0) is 0 Å². The second kappa shape index (κ2) is 26.3. The van der Waals surface area contributed by atoms with E-state index in [0.29, 0.717) is 0 Å². The Labute approximate surface area is 395 Å². The van der Waals surface area contributed by atoms with Crippen molar-refractivity contribution >= 4 is 107 Å². The Morgan fingerprint density at radius 3 is 0.625 bits per heavy atom. The lowest BCUT2D eigenvalue weighted by Crippen LogP contribution is -2.50. The van der Waals surface area contributed by atoms with E-state index in [9.17, 15) is 127 Å². The first-order valence-electron chi connectivity index (χ1n) is 18.8. The smallest absolute Gasteiger partial charge is 0.349 e. The number of esters is 6. The molecular weight excluding hydrogens is 1010 g/mol. The van der Waals surface area contributed by atoms with Crippen molar-refractivity contribution in [1.82, 2.24) is 0 Å². The molecular formula is C36H38O36. The van der Waals surface area contributed by atoms with E-state index in [0.717, 1.165) is 0 Å². The minimum absolute atomic E-state index is 1.58. The van der Waals surface area contributed by atoms with Crippen LogP contribution >= 0.6 is 0 Å². The van der Waals surface area contributed by atoms with Crippen molar-refractivity contribution in [2.75, 3.05) is 0 Å². The third kappa shape index (κ3) is 20.0. The lowest BCUT2D eigenvalue weighted by molar-refractivity contribution is -0.199. The number of carbonyl (C=O) groups excluding carboxylic acids is 6. The van der Waals surface area contributed by atoms with E-state index >= 15 is 0 Å². The number of aliphatic carboxylic acids is 12. The molecule has 36 heteroatoms. The maximum atomic E-state index is 13.3. The van der Waals surface area contributed by atoms with Gasteiger partial charge in [0.25, 0.3) is 0 Å². The van der Waals surface area contributed by atoms with Crippen LogP contribution in [0.3, 0.4) is 0 Å². The van der Waals surface area contributed by atoms with Crippen molar-refractivity contribution in [3.8, 4) is 0 Å². The van der Waals surface area contributed by atoms with Crippen LogP contribution in [0.2, 0.25) is 0 Å². The van der Waals surface area contributed by atoms with Crippen LogP contribution in [-0.2, 0) is 115 Å². The number of carboxylic acid groups (broad SMARTS) is 12. The molecule has 2 unspecified atom stereocenters. The highest BCUT2D eigenvalue weighted by Gasteiger charge is 2.53. The van der Waals surface area contributed by atoms with Crippen LogP contribution in [0, 0.1) is 0 Å². The van der Waals surface area contributed by atoms with E-state index < -0.39 is 219 Å². The van der Waals surface area contributed by atoms with E-state index in [1.54, 1.807) is 0 Å². The summed E-state index contributed by atoms with van der Waals surface area (Å²) < 4.78 is 27.4. The van der Waals surface area contributed by atoms with Crippen LogP contribution < -0.4 is 0 Å². The second-order valence-corrected chi connectivity index (χ2v) is 14.4. The lowest BCUT2D eigenvalue weighted by atomic mass is 9.94. The number of hydrogen-bond donors (Lipinski definition) is 12. The summed E-state index contributed by atoms with van der Waals surface area (Å²) in [6.45, 7) is 0. The summed E-state index contributed by atoms with van der Waals surface area (Å²) in [5.41, 5.74) is -14.4. The molecule has 0 rings (SSSR count). The largest absolute Gasteiger partial charge is 0.481 e. The molecule has 0 aliphatic rings. The summed E-state index contributed by atoms with van der Waals surface area (Å²) in [5, 5.41) is 112. The summed E-state index contributed by atoms with van der Waals surface area (Å²) in [7, 11) is 0. The van der Waals surface area contributed by atoms with E-state index in [4.69, 9.17) is 20.4 Å². The molecule has 72 heavy (non-hydrogen) atoms. The first kappa shape index (κ1) is 62.5. The molecule has 0 aromatic heterocycles. The number of carbonyl (C=O) groups is 18. The molecule has 0 spiro atoms. The number of rotatable bonds is 35. The van der Waals surface area contributed by atoms with Crippen molar-refractivity contribution in [2.45, 2.75) is 112 Å². The number of hydrogen-bond acceptors (Lipinski definition) is 24. The van der Waals surface area contributed by atoms with Gasteiger partial charge < -0.3 is 89.7 Å². The first-order chi connectivity index (χ1) is 32.9. The molecule has 0 radical (unpaired) electrons. The highest BCUT2D eigenvalue weighted by Crippen LogP contribution is 2.29. The number of carboxylic acids is 12. The fourth-order valence-corrected chi connectivity index (χ4v) is 5.60. The average Bonchev–Trinajstić information content (AvgIpc) is 3.16. The Morgan fingerprint density at radius 2 is 0.458 bits per heavy atom. The topological polar surface area (TPSA) is 605 Å². The predicted octanol–water partition coefficient (Wildman–Crippen LogP) is -4.37. The molecule has 0 heterocycles. The van der Waals surface area contributed by atoms with Crippen molar-refractivity contribution in [3.05, 3.63) is 0 Å². The maximum absolute atomic E-state index is 13.3. The number of ether oxygens (including phenoxy) is 6. The van der Waals surface area contributed by atoms with E-state index in [1.165, 1.54) is 0 Å². The van der Waals surface area contributed by atoms with Crippen LogP contribution in [0.4, 0.5) is 0 Å². The van der Waals surface area contributed by atoms with E-state index in [1.807, 2.05) is 0 Å². The van der Waals surface area contributed by atoms with Gasteiger partial charge in [-0.3, -0.25) is 57.5 Å². The Bertz CT molecular complexity index is 2050. The Kier molecular flexibility index (Phi) is 22.8. The molecule has 0 aromatic rings. The molecule has 0 saturated heterocycles. The molecule has 0 aliphatic carbocycles. The van der Waals surface area contributed by atoms with Crippen LogP contribution in [-0.4, -0.2) is 203 Å². The van der Waals surface area contributed by atoms with Crippen LogP contribution in [0.15, 0.2) is 0 Å². The standard InChI is InChI=1S/C36H38O36/c37-15(38)5-33(29(59)60,6-16(39)40)69-25(55)3-13(27(57)71-35(31(63)64,9-19(45)46)10-20(47)48)67-23(53)1-2-24(54)68-14(28(58)72-36(32(65)66,11-21(49)50)12-22(51)52)4-26(56)70-34(30(61)62,7-17(41)42)8-18(43)44/h13-14H,1-12H2,(H,37,38)(H,39,40)(H,41,42)(H,43,44)(H,45,46)(H,47,48)(H,49,50)(H,51,52)(H,59,60)(H,61,62)(H,63,64)(H,65,66). The van der Waals surface area contributed by atoms with Gasteiger partial charge in [0, 0.05) is 0 Å². The third-order valence-corrected chi connectivity index (χ3v) is 8.57. The summed E-state index contributed by atoms with van der Waals surface area (Å²) >= 11 is 0. The second-order valence-electron chi connectivity index (χ2n) is 14.4. The third-order valence-electron chi connectivity index (χ3n) is 8.57. The molecule has 398 valence electrons.